The Balaban J connectivity index is 2.36. The number of thiophene rings is 1. The average Bonchev–Trinajstić information content (AvgIpc) is 2.76. The van der Waals surface area contributed by atoms with Gasteiger partial charge in [-0.3, -0.25) is 4.72 Å². The van der Waals surface area contributed by atoms with Crippen LogP contribution in [-0.4, -0.2) is 22.5 Å². The molecule has 102 valence electrons. The van der Waals surface area contributed by atoms with E-state index in [1.54, 1.807) is 17.5 Å². The Hall–Kier alpha value is -1.73. The summed E-state index contributed by atoms with van der Waals surface area (Å²) in [6.07, 6.45) is 0. The molecule has 0 spiro atoms. The average molecular weight is 297 g/mol. The monoisotopic (exact) mass is 297 g/mol. The van der Waals surface area contributed by atoms with Gasteiger partial charge in [-0.15, -0.1) is 11.3 Å². The van der Waals surface area contributed by atoms with Gasteiger partial charge in [-0.05, 0) is 18.2 Å². The van der Waals surface area contributed by atoms with Crippen LogP contribution in [0.25, 0.3) is 0 Å². The summed E-state index contributed by atoms with van der Waals surface area (Å²) in [5.74, 6) is 0. The summed E-state index contributed by atoms with van der Waals surface area (Å²) < 4.78 is 27.2. The predicted molar refractivity (Wildman–Crippen MR) is 80.3 cm³/mol. The Morgan fingerprint density at radius 3 is 2.53 bits per heavy atom. The Labute approximate surface area is 116 Å². The van der Waals surface area contributed by atoms with Gasteiger partial charge in [0.15, 0.2) is 0 Å². The van der Waals surface area contributed by atoms with Crippen LogP contribution in [0.4, 0.5) is 17.1 Å². The van der Waals surface area contributed by atoms with E-state index in [0.717, 1.165) is 17.0 Å². The van der Waals surface area contributed by atoms with Gasteiger partial charge >= 0.3 is 0 Å². The maximum absolute atomic E-state index is 12.2. The van der Waals surface area contributed by atoms with Gasteiger partial charge < -0.3 is 10.6 Å². The van der Waals surface area contributed by atoms with Crippen LogP contribution >= 0.6 is 11.3 Å². The number of sulfonamides is 1. The second-order valence-corrected chi connectivity index (χ2v) is 7.04. The van der Waals surface area contributed by atoms with Crippen LogP contribution in [0.3, 0.4) is 0 Å². The summed E-state index contributed by atoms with van der Waals surface area (Å²) in [7, 11) is 0.128. The quantitative estimate of drug-likeness (QED) is 0.907. The molecule has 7 heteroatoms. The minimum atomic E-state index is -3.59. The lowest BCUT2D eigenvalue weighted by Gasteiger charge is -2.17. The fourth-order valence-corrected chi connectivity index (χ4v) is 3.77. The zero-order chi connectivity index (χ0) is 14.0. The smallest absolute Gasteiger partial charge is 0.271 e. The van der Waals surface area contributed by atoms with Crippen molar-refractivity contribution in [3.63, 3.8) is 0 Å². The van der Waals surface area contributed by atoms with Crippen LogP contribution in [0.15, 0.2) is 39.9 Å². The third-order valence-electron chi connectivity index (χ3n) is 2.49. The van der Waals surface area contributed by atoms with Gasteiger partial charge in [0.25, 0.3) is 10.0 Å². The zero-order valence-electron chi connectivity index (χ0n) is 10.6. The van der Waals surface area contributed by atoms with Gasteiger partial charge in [-0.2, -0.15) is 0 Å². The lowest BCUT2D eigenvalue weighted by atomic mass is 10.2. The largest absolute Gasteiger partial charge is 0.398 e. The summed E-state index contributed by atoms with van der Waals surface area (Å²) >= 11 is 1.10. The number of nitrogens with two attached hydrogens (primary N) is 1. The minimum absolute atomic E-state index is 0.207. The van der Waals surface area contributed by atoms with Gasteiger partial charge in [0, 0.05) is 25.2 Å². The Bertz CT molecular complexity index is 678. The van der Waals surface area contributed by atoms with E-state index in [9.17, 15) is 8.42 Å². The molecule has 1 aromatic carbocycles. The lowest BCUT2D eigenvalue weighted by Crippen LogP contribution is -2.16. The van der Waals surface area contributed by atoms with E-state index in [2.05, 4.69) is 4.72 Å². The molecule has 2 aromatic rings. The van der Waals surface area contributed by atoms with Crippen LogP contribution in [0.1, 0.15) is 0 Å². The van der Waals surface area contributed by atoms with E-state index in [1.165, 1.54) is 6.07 Å². The van der Waals surface area contributed by atoms with Crippen molar-refractivity contribution in [2.24, 2.45) is 0 Å². The van der Waals surface area contributed by atoms with Crippen molar-refractivity contribution in [3.05, 3.63) is 35.7 Å². The summed E-state index contributed by atoms with van der Waals surface area (Å²) in [5, 5.41) is 1.60. The van der Waals surface area contributed by atoms with E-state index >= 15 is 0 Å². The third kappa shape index (κ3) is 2.99. The van der Waals surface area contributed by atoms with Gasteiger partial charge in [0.05, 0.1) is 11.4 Å². The molecule has 0 atom stereocenters. The van der Waals surface area contributed by atoms with Crippen molar-refractivity contribution in [1.82, 2.24) is 0 Å². The number of hydrogen-bond acceptors (Lipinski definition) is 5. The number of nitrogens with zero attached hydrogens (tertiary/aromatic N) is 1. The molecule has 19 heavy (non-hydrogen) atoms. The van der Waals surface area contributed by atoms with Gasteiger partial charge in [-0.1, -0.05) is 12.1 Å². The molecule has 2 rings (SSSR count). The standard InChI is InChI=1S/C12H15N3O2S2/c1-15(2)11-6-4-3-5-10(11)14-19(16,17)12-7-9(13)8-18-12/h3-8,14H,13H2,1-2H3. The van der Waals surface area contributed by atoms with Crippen LogP contribution in [-0.2, 0) is 10.0 Å². The topological polar surface area (TPSA) is 75.4 Å². The molecule has 0 fully saturated rings. The first kappa shape index (κ1) is 13.7. The van der Waals surface area contributed by atoms with Crippen molar-refractivity contribution >= 4 is 38.4 Å². The lowest BCUT2D eigenvalue weighted by molar-refractivity contribution is 0.603. The first-order valence-electron chi connectivity index (χ1n) is 5.53. The van der Waals surface area contributed by atoms with Gasteiger partial charge in [0.1, 0.15) is 4.21 Å². The summed E-state index contributed by atoms with van der Waals surface area (Å²) in [4.78, 5) is 1.85. The minimum Gasteiger partial charge on any atom is -0.398 e. The van der Waals surface area contributed by atoms with Crippen LogP contribution in [0, 0.1) is 0 Å². The number of anilines is 3. The maximum Gasteiger partial charge on any atom is 0.271 e. The molecular formula is C12H15N3O2S2. The molecule has 1 aromatic heterocycles. The van der Waals surface area contributed by atoms with Crippen LogP contribution in [0.5, 0.6) is 0 Å². The van der Waals surface area contributed by atoms with Crippen molar-refractivity contribution in [2.75, 3.05) is 29.5 Å². The molecule has 0 bridgehead atoms. The van der Waals surface area contributed by atoms with E-state index in [0.29, 0.717) is 11.4 Å². The summed E-state index contributed by atoms with van der Waals surface area (Å²) in [6.45, 7) is 0. The zero-order valence-corrected chi connectivity index (χ0v) is 12.3. The number of nitrogens with one attached hydrogen (secondary N) is 1. The molecule has 0 saturated carbocycles. The fourth-order valence-electron chi connectivity index (χ4n) is 1.62. The highest BCUT2D eigenvalue weighted by Crippen LogP contribution is 2.28. The number of nitrogen functional groups attached to an aromatic ring is 1. The van der Waals surface area contributed by atoms with Gasteiger partial charge in [-0.25, -0.2) is 8.42 Å². The first-order chi connectivity index (χ1) is 8.90. The van der Waals surface area contributed by atoms with E-state index in [4.69, 9.17) is 5.73 Å². The van der Waals surface area contributed by atoms with Crippen molar-refractivity contribution in [3.8, 4) is 0 Å². The maximum atomic E-state index is 12.2. The molecule has 0 saturated heterocycles. The van der Waals surface area contributed by atoms with Crippen LogP contribution < -0.4 is 15.4 Å². The summed E-state index contributed by atoms with van der Waals surface area (Å²) in [6, 6.07) is 8.67. The molecule has 5 nitrogen and oxygen atoms in total. The second-order valence-electron chi connectivity index (χ2n) is 4.22. The SMILES string of the molecule is CN(C)c1ccccc1NS(=O)(=O)c1cc(N)cs1. The van der Waals surface area contributed by atoms with Crippen molar-refractivity contribution < 1.29 is 8.42 Å². The van der Waals surface area contributed by atoms with E-state index in [1.807, 2.05) is 31.1 Å². The van der Waals surface area contributed by atoms with Crippen LogP contribution in [0.2, 0.25) is 0 Å². The number of hydrogen-bond donors (Lipinski definition) is 2. The molecule has 3 N–H and O–H groups in total. The number of para-hydroxylation sites is 2. The first-order valence-corrected chi connectivity index (χ1v) is 7.89. The predicted octanol–water partition coefficient (Wildman–Crippen LogP) is 2.20. The molecule has 0 aliphatic rings. The van der Waals surface area contributed by atoms with Crippen molar-refractivity contribution in [1.29, 1.82) is 0 Å². The van der Waals surface area contributed by atoms with Crippen molar-refractivity contribution in [2.45, 2.75) is 4.21 Å². The molecule has 0 unspecified atom stereocenters. The molecule has 1 heterocycles. The summed E-state index contributed by atoms with van der Waals surface area (Å²) in [5.41, 5.74) is 7.35. The molecule has 0 amide bonds. The third-order valence-corrected chi connectivity index (χ3v) is 5.31. The molecule has 0 radical (unpaired) electrons. The second kappa shape index (κ2) is 5.10. The highest BCUT2D eigenvalue weighted by atomic mass is 32.2. The Morgan fingerprint density at radius 1 is 1.26 bits per heavy atom. The highest BCUT2D eigenvalue weighted by molar-refractivity contribution is 7.94. The highest BCUT2D eigenvalue weighted by Gasteiger charge is 2.18. The Kier molecular flexibility index (Phi) is 3.68. The molecule has 0 aliphatic carbocycles. The van der Waals surface area contributed by atoms with Gasteiger partial charge in [0.2, 0.25) is 0 Å². The molecule has 0 aliphatic heterocycles. The number of rotatable bonds is 4. The normalized spacial score (nSPS) is 11.3. The Morgan fingerprint density at radius 2 is 1.95 bits per heavy atom. The fraction of sp³-hybridized carbons (Fsp3) is 0.167. The van der Waals surface area contributed by atoms with E-state index < -0.39 is 10.0 Å². The molecular weight excluding hydrogens is 282 g/mol. The van der Waals surface area contributed by atoms with E-state index in [-0.39, 0.29) is 4.21 Å². The number of benzene rings is 1.